The maximum Gasteiger partial charge on any atom is 0.0110 e. The highest BCUT2D eigenvalue weighted by Crippen LogP contribution is 2.16. The summed E-state index contributed by atoms with van der Waals surface area (Å²) < 4.78 is 0. The second-order valence-electron chi connectivity index (χ2n) is 4.99. The molecule has 2 rings (SSSR count). The number of hydrogen-bond acceptors (Lipinski definition) is 4. The van der Waals surface area contributed by atoms with Crippen molar-refractivity contribution in [3.05, 3.63) is 0 Å². The first kappa shape index (κ1) is 12.7. The van der Waals surface area contributed by atoms with Gasteiger partial charge in [0, 0.05) is 45.3 Å². The standard InChI is InChI=1S/C12H25N3S/c1-14-6-8-15(9-7-14)5-4-13-12-2-10-16-11-3-12/h12-13H,2-11H2,1H3. The lowest BCUT2D eigenvalue weighted by atomic mass is 10.1. The average Bonchev–Trinajstić information content (AvgIpc) is 2.33. The molecule has 2 aliphatic heterocycles. The van der Waals surface area contributed by atoms with Crippen molar-refractivity contribution in [3.63, 3.8) is 0 Å². The van der Waals surface area contributed by atoms with Crippen LogP contribution in [0.2, 0.25) is 0 Å². The van der Waals surface area contributed by atoms with E-state index >= 15 is 0 Å². The summed E-state index contributed by atoms with van der Waals surface area (Å²) in [6.45, 7) is 7.38. The smallest absolute Gasteiger partial charge is 0.0110 e. The van der Waals surface area contributed by atoms with Crippen LogP contribution in [0.4, 0.5) is 0 Å². The van der Waals surface area contributed by atoms with Crippen LogP contribution in [0, 0.1) is 0 Å². The van der Waals surface area contributed by atoms with Gasteiger partial charge < -0.3 is 10.2 Å². The Morgan fingerprint density at radius 2 is 1.81 bits per heavy atom. The van der Waals surface area contributed by atoms with E-state index in [4.69, 9.17) is 0 Å². The quantitative estimate of drug-likeness (QED) is 0.784. The molecule has 0 aliphatic carbocycles. The molecule has 2 saturated heterocycles. The summed E-state index contributed by atoms with van der Waals surface area (Å²) in [6.07, 6.45) is 2.74. The molecule has 0 spiro atoms. The molecule has 0 aromatic carbocycles. The molecule has 94 valence electrons. The van der Waals surface area contributed by atoms with Crippen LogP contribution in [0.3, 0.4) is 0 Å². The van der Waals surface area contributed by atoms with E-state index in [1.54, 1.807) is 0 Å². The van der Waals surface area contributed by atoms with E-state index < -0.39 is 0 Å². The molecule has 1 N–H and O–H groups in total. The summed E-state index contributed by atoms with van der Waals surface area (Å²) >= 11 is 2.10. The molecule has 0 unspecified atom stereocenters. The molecule has 0 radical (unpaired) electrons. The maximum absolute atomic E-state index is 3.71. The minimum atomic E-state index is 0.800. The van der Waals surface area contributed by atoms with Crippen LogP contribution in [-0.2, 0) is 0 Å². The van der Waals surface area contributed by atoms with E-state index in [1.165, 1.54) is 63.6 Å². The third-order valence-corrected chi connectivity index (χ3v) is 4.73. The van der Waals surface area contributed by atoms with Gasteiger partial charge in [-0.2, -0.15) is 11.8 Å². The largest absolute Gasteiger partial charge is 0.313 e. The Morgan fingerprint density at radius 3 is 2.50 bits per heavy atom. The predicted molar refractivity (Wildman–Crippen MR) is 72.3 cm³/mol. The van der Waals surface area contributed by atoms with Gasteiger partial charge in [-0.1, -0.05) is 0 Å². The minimum absolute atomic E-state index is 0.800. The van der Waals surface area contributed by atoms with Crippen molar-refractivity contribution in [3.8, 4) is 0 Å². The molecular weight excluding hydrogens is 218 g/mol. The van der Waals surface area contributed by atoms with Gasteiger partial charge >= 0.3 is 0 Å². The molecular formula is C12H25N3S. The Labute approximate surface area is 104 Å². The van der Waals surface area contributed by atoms with Gasteiger partial charge in [-0.05, 0) is 31.4 Å². The van der Waals surface area contributed by atoms with Crippen LogP contribution in [0.15, 0.2) is 0 Å². The number of nitrogens with one attached hydrogen (secondary N) is 1. The molecule has 2 heterocycles. The predicted octanol–water partition coefficient (Wildman–Crippen LogP) is 0.719. The summed E-state index contributed by atoms with van der Waals surface area (Å²) in [5, 5.41) is 3.71. The topological polar surface area (TPSA) is 18.5 Å². The monoisotopic (exact) mass is 243 g/mol. The molecule has 2 fully saturated rings. The lowest BCUT2D eigenvalue weighted by Gasteiger charge is -2.33. The maximum atomic E-state index is 3.71. The highest BCUT2D eigenvalue weighted by atomic mass is 32.2. The van der Waals surface area contributed by atoms with Gasteiger partial charge in [-0.3, -0.25) is 4.90 Å². The molecule has 0 aromatic heterocycles. The highest BCUT2D eigenvalue weighted by Gasteiger charge is 2.15. The Hall–Kier alpha value is 0.230. The van der Waals surface area contributed by atoms with Crippen LogP contribution in [0.1, 0.15) is 12.8 Å². The first-order chi connectivity index (χ1) is 7.84. The van der Waals surface area contributed by atoms with Gasteiger partial charge in [0.25, 0.3) is 0 Å². The number of thioether (sulfide) groups is 1. The molecule has 4 heteroatoms. The Balaban J connectivity index is 1.53. The Bertz CT molecular complexity index is 187. The van der Waals surface area contributed by atoms with Crippen molar-refractivity contribution >= 4 is 11.8 Å². The van der Waals surface area contributed by atoms with E-state index in [-0.39, 0.29) is 0 Å². The minimum Gasteiger partial charge on any atom is -0.313 e. The number of piperazine rings is 1. The van der Waals surface area contributed by atoms with Gasteiger partial charge in [0.2, 0.25) is 0 Å². The number of rotatable bonds is 4. The highest BCUT2D eigenvalue weighted by molar-refractivity contribution is 7.99. The second kappa shape index (κ2) is 6.84. The summed E-state index contributed by atoms with van der Waals surface area (Å²) in [5.74, 6) is 2.71. The van der Waals surface area contributed by atoms with Gasteiger partial charge in [-0.15, -0.1) is 0 Å². The molecule has 3 nitrogen and oxygen atoms in total. The molecule has 0 amide bonds. The van der Waals surface area contributed by atoms with Gasteiger partial charge in [-0.25, -0.2) is 0 Å². The SMILES string of the molecule is CN1CCN(CCNC2CCSCC2)CC1. The van der Waals surface area contributed by atoms with Crippen LogP contribution in [0.5, 0.6) is 0 Å². The summed E-state index contributed by atoms with van der Waals surface area (Å²) in [6, 6.07) is 0.800. The Morgan fingerprint density at radius 1 is 1.12 bits per heavy atom. The number of hydrogen-bond donors (Lipinski definition) is 1. The summed E-state index contributed by atoms with van der Waals surface area (Å²) in [7, 11) is 2.22. The average molecular weight is 243 g/mol. The zero-order chi connectivity index (χ0) is 11.2. The van der Waals surface area contributed by atoms with Crippen LogP contribution < -0.4 is 5.32 Å². The molecule has 0 atom stereocenters. The van der Waals surface area contributed by atoms with E-state index in [9.17, 15) is 0 Å². The van der Waals surface area contributed by atoms with Crippen molar-refractivity contribution < 1.29 is 0 Å². The van der Waals surface area contributed by atoms with Crippen molar-refractivity contribution in [1.29, 1.82) is 0 Å². The van der Waals surface area contributed by atoms with Gasteiger partial charge in [0.1, 0.15) is 0 Å². The first-order valence-corrected chi connectivity index (χ1v) is 7.72. The van der Waals surface area contributed by atoms with Crippen molar-refractivity contribution in [2.24, 2.45) is 0 Å². The number of likely N-dealkylation sites (N-methyl/N-ethyl adjacent to an activating group) is 1. The summed E-state index contributed by atoms with van der Waals surface area (Å²) in [5.41, 5.74) is 0. The fraction of sp³-hybridized carbons (Fsp3) is 1.00. The van der Waals surface area contributed by atoms with Crippen molar-refractivity contribution in [2.45, 2.75) is 18.9 Å². The molecule has 0 bridgehead atoms. The first-order valence-electron chi connectivity index (χ1n) is 6.56. The zero-order valence-electron chi connectivity index (χ0n) is 10.5. The Kier molecular flexibility index (Phi) is 5.42. The van der Waals surface area contributed by atoms with Crippen molar-refractivity contribution in [2.75, 3.05) is 57.8 Å². The van der Waals surface area contributed by atoms with E-state index in [2.05, 4.69) is 33.9 Å². The molecule has 0 saturated carbocycles. The zero-order valence-corrected chi connectivity index (χ0v) is 11.3. The lowest BCUT2D eigenvalue weighted by Crippen LogP contribution is -2.47. The second-order valence-corrected chi connectivity index (χ2v) is 6.21. The fourth-order valence-corrected chi connectivity index (χ4v) is 3.51. The van der Waals surface area contributed by atoms with Gasteiger partial charge in [0.15, 0.2) is 0 Å². The van der Waals surface area contributed by atoms with Crippen molar-refractivity contribution in [1.82, 2.24) is 15.1 Å². The van der Waals surface area contributed by atoms with Gasteiger partial charge in [0.05, 0.1) is 0 Å². The van der Waals surface area contributed by atoms with E-state index in [0.29, 0.717) is 0 Å². The van der Waals surface area contributed by atoms with Crippen LogP contribution >= 0.6 is 11.8 Å². The van der Waals surface area contributed by atoms with E-state index in [0.717, 1.165) is 6.04 Å². The summed E-state index contributed by atoms with van der Waals surface area (Å²) in [4.78, 5) is 5.01. The third-order valence-electron chi connectivity index (χ3n) is 3.68. The molecule has 16 heavy (non-hydrogen) atoms. The normalized spacial score (nSPS) is 26.1. The third kappa shape index (κ3) is 4.24. The molecule has 0 aromatic rings. The lowest BCUT2D eigenvalue weighted by molar-refractivity contribution is 0.153. The number of nitrogens with zero attached hydrogens (tertiary/aromatic N) is 2. The fourth-order valence-electron chi connectivity index (χ4n) is 2.40. The van der Waals surface area contributed by atoms with Crippen LogP contribution in [0.25, 0.3) is 0 Å². The van der Waals surface area contributed by atoms with Crippen LogP contribution in [-0.4, -0.2) is 73.7 Å². The molecule has 2 aliphatic rings. The van der Waals surface area contributed by atoms with E-state index in [1.807, 2.05) is 0 Å².